The van der Waals surface area contributed by atoms with E-state index in [2.05, 4.69) is 51.1 Å². The van der Waals surface area contributed by atoms with E-state index in [4.69, 9.17) is 9.97 Å². The summed E-state index contributed by atoms with van der Waals surface area (Å²) in [5.41, 5.74) is 3.62. The summed E-state index contributed by atoms with van der Waals surface area (Å²) >= 11 is 0. The van der Waals surface area contributed by atoms with Crippen LogP contribution in [0.4, 0.5) is 27.9 Å². The number of carbonyl (C=O) groups is 6. The third kappa shape index (κ3) is 9.54. The number of amides is 6. The molecule has 0 radical (unpaired) electrons. The van der Waals surface area contributed by atoms with Crippen molar-refractivity contribution >= 4 is 69.6 Å². The smallest absolute Gasteiger partial charge is 0.319 e. The summed E-state index contributed by atoms with van der Waals surface area (Å²) in [7, 11) is 0. The molecule has 5 saturated heterocycles. The molecule has 1 unspecified atom stereocenters. The predicted octanol–water partition coefficient (Wildman–Crippen LogP) is 4.20. The second kappa shape index (κ2) is 20.2. The summed E-state index contributed by atoms with van der Waals surface area (Å²) in [6.07, 6.45) is 11.6. The van der Waals surface area contributed by atoms with Gasteiger partial charge < -0.3 is 24.9 Å². The second-order valence-electron chi connectivity index (χ2n) is 21.0. The average molecular weight is 996 g/mol. The van der Waals surface area contributed by atoms with E-state index in [1.807, 2.05) is 18.3 Å². The Bertz CT molecular complexity index is 2890. The van der Waals surface area contributed by atoms with Gasteiger partial charge in [-0.25, -0.2) is 14.8 Å². The Hall–Kier alpha value is -6.80. The number of rotatable bonds is 10. The van der Waals surface area contributed by atoms with Gasteiger partial charge in [-0.1, -0.05) is 12.8 Å². The number of pyridine rings is 2. The lowest BCUT2D eigenvalue weighted by Gasteiger charge is -2.44. The number of benzene rings is 1. The number of fused-ring (bicyclic) bond motifs is 2. The third-order valence-corrected chi connectivity index (χ3v) is 16.7. The van der Waals surface area contributed by atoms with Crippen molar-refractivity contribution in [3.05, 3.63) is 75.3 Å². The first kappa shape index (κ1) is 48.5. The van der Waals surface area contributed by atoms with Crippen LogP contribution in [-0.2, 0) is 9.59 Å². The van der Waals surface area contributed by atoms with Crippen LogP contribution in [-0.4, -0.2) is 177 Å². The van der Waals surface area contributed by atoms with E-state index in [1.165, 1.54) is 6.92 Å². The van der Waals surface area contributed by atoms with E-state index < -0.39 is 29.7 Å². The van der Waals surface area contributed by atoms with Crippen molar-refractivity contribution in [2.24, 2.45) is 5.92 Å². The maximum Gasteiger partial charge on any atom is 0.319 e. The lowest BCUT2D eigenvalue weighted by molar-refractivity contribution is -0.136. The van der Waals surface area contributed by atoms with Crippen LogP contribution in [0.25, 0.3) is 11.0 Å². The van der Waals surface area contributed by atoms with Crippen molar-refractivity contribution in [3.8, 4) is 0 Å². The van der Waals surface area contributed by atoms with Crippen LogP contribution in [0.1, 0.15) is 114 Å². The van der Waals surface area contributed by atoms with Crippen molar-refractivity contribution < 1.29 is 28.8 Å². The number of carbonyl (C=O) groups excluding carboxylic acids is 6. The second-order valence-corrected chi connectivity index (χ2v) is 21.0. The third-order valence-electron chi connectivity index (χ3n) is 16.7. The summed E-state index contributed by atoms with van der Waals surface area (Å²) in [6, 6.07) is 8.97. The fourth-order valence-corrected chi connectivity index (χ4v) is 12.6. The first-order chi connectivity index (χ1) is 35.4. The van der Waals surface area contributed by atoms with Crippen LogP contribution in [0.2, 0.25) is 0 Å². The summed E-state index contributed by atoms with van der Waals surface area (Å²) in [6.45, 7) is 14.3. The number of Topliss-reactive ketones (excluding diaryl/α,β-unsaturated/α-hetero) is 1. The molecule has 384 valence electrons. The monoisotopic (exact) mass is 996 g/mol. The van der Waals surface area contributed by atoms with Gasteiger partial charge in [-0.2, -0.15) is 4.98 Å². The number of urea groups is 1. The largest absolute Gasteiger partial charge is 0.369 e. The van der Waals surface area contributed by atoms with Crippen LogP contribution in [0.3, 0.4) is 0 Å². The van der Waals surface area contributed by atoms with Gasteiger partial charge >= 0.3 is 6.03 Å². The minimum absolute atomic E-state index is 0.00571. The molecule has 2 N–H and O–H groups in total. The zero-order valence-corrected chi connectivity index (χ0v) is 41.9. The highest BCUT2D eigenvalue weighted by Gasteiger charge is 2.45. The predicted molar refractivity (Wildman–Crippen MR) is 273 cm³/mol. The molecule has 6 fully saturated rings. The van der Waals surface area contributed by atoms with Crippen LogP contribution in [0.15, 0.2) is 47.5 Å². The SMILES string of the molecule is CC(=O)c1c(C)c2cnc(Nc3ccc(N4CCN(C5CCN(C(=O)N6CCC(CN7CCN(c8ccc9c(c8)C(=O)N(C8CCC(=O)NC8=O)C9=O)CC7)CC6)CC5)CC4)cn3)nc2n(C2CCCC2)c1=O. The van der Waals surface area contributed by atoms with Crippen molar-refractivity contribution in [3.63, 3.8) is 0 Å². The summed E-state index contributed by atoms with van der Waals surface area (Å²) < 4.78 is 1.72. The molecule has 0 spiro atoms. The average Bonchev–Trinajstić information content (AvgIpc) is 4.02. The molecule has 6 amide bonds. The molecule has 6 aliphatic heterocycles. The number of aryl methyl sites for hydroxylation is 1. The maximum atomic E-state index is 13.7. The highest BCUT2D eigenvalue weighted by molar-refractivity contribution is 6.23. The molecule has 4 aromatic rings. The summed E-state index contributed by atoms with van der Waals surface area (Å²) in [5.74, 6) is -0.756. The summed E-state index contributed by atoms with van der Waals surface area (Å²) in [5, 5.41) is 6.20. The molecule has 0 bridgehead atoms. The van der Waals surface area contributed by atoms with Gasteiger partial charge in [-0.3, -0.25) is 53.4 Å². The van der Waals surface area contributed by atoms with Gasteiger partial charge in [0.15, 0.2) is 5.78 Å². The van der Waals surface area contributed by atoms with E-state index >= 15 is 0 Å². The molecule has 20 nitrogen and oxygen atoms in total. The quantitative estimate of drug-likeness (QED) is 0.169. The van der Waals surface area contributed by atoms with Crippen molar-refractivity contribution in [2.75, 3.05) is 100 Å². The number of imide groups is 2. The molecular formula is C53H65N13O7. The van der Waals surface area contributed by atoms with Crippen molar-refractivity contribution in [1.82, 2.24) is 49.3 Å². The fraction of sp³-hybridized carbons (Fsp3) is 0.547. The zero-order chi connectivity index (χ0) is 50.5. The topological polar surface area (TPSA) is 210 Å². The van der Waals surface area contributed by atoms with Crippen molar-refractivity contribution in [2.45, 2.75) is 96.2 Å². The number of ketones is 1. The Balaban J connectivity index is 0.601. The van der Waals surface area contributed by atoms with E-state index in [-0.39, 0.29) is 41.8 Å². The number of nitrogens with zero attached hydrogens (tertiary/aromatic N) is 11. The number of piperidine rings is 3. The normalized spacial score (nSPS) is 22.2. The standard InChI is InChI=1S/C53H65N13O7/c1-33-42-31-55-52(58-47(42)65(37-5-3-4-6-37)51(72)46(33)34(2)67)56-44-11-8-39(30-54-44)62-27-25-60(26-28-62)36-15-19-64(20-16-36)53(73)63-17-13-35(14-18-63)32-59-21-23-61(24-22-59)38-7-9-40-41(29-38)50(71)66(49(40)70)43-10-12-45(68)57-48(43)69/h7-9,11,29-31,35-37,43H,3-6,10,12-28,32H2,1-2H3,(H,57,68,69)(H,54,55,56,58). The first-order valence-corrected chi connectivity index (χ1v) is 26.4. The number of aromatic nitrogens is 4. The molecule has 7 aliphatic rings. The van der Waals surface area contributed by atoms with Crippen molar-refractivity contribution in [1.29, 1.82) is 0 Å². The zero-order valence-electron chi connectivity index (χ0n) is 41.9. The highest BCUT2D eigenvalue weighted by Crippen LogP contribution is 2.34. The Kier molecular flexibility index (Phi) is 13.4. The van der Waals surface area contributed by atoms with Crippen LogP contribution < -0.4 is 26.0 Å². The Morgan fingerprint density at radius 3 is 2.03 bits per heavy atom. The Morgan fingerprint density at radius 1 is 0.699 bits per heavy atom. The maximum absolute atomic E-state index is 13.7. The Labute approximate surface area is 424 Å². The molecule has 1 aromatic carbocycles. The number of hydrogen-bond donors (Lipinski definition) is 2. The van der Waals surface area contributed by atoms with Gasteiger partial charge in [0.25, 0.3) is 17.4 Å². The van der Waals surface area contributed by atoms with Gasteiger partial charge in [0, 0.05) is 121 Å². The molecule has 11 rings (SSSR count). The minimum Gasteiger partial charge on any atom is -0.369 e. The van der Waals surface area contributed by atoms with Crippen LogP contribution >= 0.6 is 0 Å². The number of likely N-dealkylation sites (tertiary alicyclic amines) is 2. The number of nitrogens with one attached hydrogen (secondary N) is 2. The van der Waals surface area contributed by atoms with E-state index in [9.17, 15) is 33.6 Å². The van der Waals surface area contributed by atoms with E-state index in [1.54, 1.807) is 29.8 Å². The Morgan fingerprint density at radius 2 is 1.36 bits per heavy atom. The molecule has 3 aromatic heterocycles. The van der Waals surface area contributed by atoms with Gasteiger partial charge in [0.2, 0.25) is 17.8 Å². The highest BCUT2D eigenvalue weighted by atomic mass is 16.2. The van der Waals surface area contributed by atoms with Gasteiger partial charge in [-0.15, -0.1) is 0 Å². The van der Waals surface area contributed by atoms with E-state index in [0.717, 1.165) is 153 Å². The number of hydrogen-bond acceptors (Lipinski definition) is 15. The number of piperazine rings is 2. The first-order valence-electron chi connectivity index (χ1n) is 26.4. The lowest BCUT2D eigenvalue weighted by atomic mass is 9.96. The fourth-order valence-electron chi connectivity index (χ4n) is 12.6. The molecule has 1 aliphatic carbocycles. The molecule has 1 saturated carbocycles. The van der Waals surface area contributed by atoms with Crippen LogP contribution in [0, 0.1) is 12.8 Å². The number of anilines is 4. The minimum atomic E-state index is -0.980. The lowest BCUT2D eigenvalue weighted by Crippen LogP contribution is -2.55. The van der Waals surface area contributed by atoms with Gasteiger partial charge in [-0.05, 0) is 101 Å². The molecule has 20 heteroatoms. The molecule has 1 atom stereocenters. The summed E-state index contributed by atoms with van der Waals surface area (Å²) in [4.78, 5) is 120. The molecule has 9 heterocycles. The van der Waals surface area contributed by atoms with Crippen LogP contribution in [0.5, 0.6) is 0 Å². The molecular weight excluding hydrogens is 931 g/mol. The van der Waals surface area contributed by atoms with Gasteiger partial charge in [0.05, 0.1) is 28.6 Å². The van der Waals surface area contributed by atoms with E-state index in [0.29, 0.717) is 51.4 Å². The molecule has 73 heavy (non-hydrogen) atoms. The van der Waals surface area contributed by atoms with Gasteiger partial charge in [0.1, 0.15) is 17.5 Å².